The zero-order chi connectivity index (χ0) is 20.4. The molecule has 0 saturated carbocycles. The summed E-state index contributed by atoms with van der Waals surface area (Å²) in [5.41, 5.74) is 0. The molecule has 3 rings (SSSR count). The van der Waals surface area contributed by atoms with E-state index in [2.05, 4.69) is 25.1 Å². The molecule has 3 atom stereocenters. The molecule has 3 fully saturated rings. The lowest BCUT2D eigenvalue weighted by molar-refractivity contribution is 0.0254. The van der Waals surface area contributed by atoms with Crippen molar-refractivity contribution >= 4 is 38.5 Å². The summed E-state index contributed by atoms with van der Waals surface area (Å²) in [4.78, 5) is 0. The Morgan fingerprint density at radius 3 is 1.11 bits per heavy atom. The fourth-order valence-corrected chi connectivity index (χ4v) is 4.53. The Labute approximate surface area is 161 Å². The Morgan fingerprint density at radius 1 is 0.607 bits per heavy atom. The molecule has 0 radical (unpaired) electrons. The minimum atomic E-state index is -4.09. The van der Waals surface area contributed by atoms with E-state index in [-0.39, 0.29) is 39.6 Å². The van der Waals surface area contributed by atoms with Crippen molar-refractivity contribution in [1.82, 2.24) is 0 Å². The highest BCUT2D eigenvalue weighted by atomic mass is 32.3. The predicted molar refractivity (Wildman–Crippen MR) is 82.8 cm³/mol. The Morgan fingerprint density at radius 2 is 0.893 bits per heavy atom. The van der Waals surface area contributed by atoms with Gasteiger partial charge in [0.1, 0.15) is 18.3 Å². The summed E-state index contributed by atoms with van der Waals surface area (Å²) >= 11 is 0. The zero-order valence-electron chi connectivity index (χ0n) is 13.9. The molecule has 3 saturated heterocycles. The highest BCUT2D eigenvalue weighted by Crippen LogP contribution is 2.17. The smallest absolute Gasteiger partial charge is 0.383 e. The lowest BCUT2D eigenvalue weighted by Gasteiger charge is -2.17. The Bertz CT molecular complexity index is 739. The van der Waals surface area contributed by atoms with E-state index in [9.17, 15) is 25.3 Å². The molecule has 0 N–H and O–H groups in total. The van der Waals surface area contributed by atoms with E-state index in [1.165, 1.54) is 0 Å². The van der Waals surface area contributed by atoms with Crippen molar-refractivity contribution in [2.75, 3.05) is 39.6 Å². The van der Waals surface area contributed by atoms with Gasteiger partial charge in [-0.2, -0.15) is 25.3 Å². The van der Waals surface area contributed by atoms with E-state index in [1.807, 2.05) is 0 Å². The van der Waals surface area contributed by atoms with E-state index in [0.29, 0.717) is 0 Å². The van der Waals surface area contributed by atoms with Crippen LogP contribution in [0.1, 0.15) is 0 Å². The van der Waals surface area contributed by atoms with E-state index in [0.717, 1.165) is 0 Å². The van der Waals surface area contributed by atoms with Crippen LogP contribution in [0.5, 0.6) is 0 Å². The van der Waals surface area contributed by atoms with Crippen LogP contribution in [0.3, 0.4) is 0 Å². The van der Waals surface area contributed by atoms with Crippen molar-refractivity contribution in [1.29, 1.82) is 0 Å². The van der Waals surface area contributed by atoms with Gasteiger partial charge in [0.25, 0.3) is 0 Å². The summed E-state index contributed by atoms with van der Waals surface area (Å²) in [5.74, 6) is 0. The molecule has 0 spiro atoms. The van der Waals surface area contributed by atoms with Crippen molar-refractivity contribution in [3.05, 3.63) is 0 Å². The molecule has 0 aliphatic carbocycles. The molecule has 162 valence electrons. The van der Waals surface area contributed by atoms with Crippen molar-refractivity contribution in [2.45, 2.75) is 18.3 Å². The van der Waals surface area contributed by atoms with Crippen LogP contribution in [0.2, 0.25) is 0 Å². The van der Waals surface area contributed by atoms with Crippen LogP contribution in [-0.2, 0) is 70.3 Å². The molecular weight excluding hydrogens is 455 g/mol. The van der Waals surface area contributed by atoms with E-state index in [4.69, 9.17) is 14.0 Å². The average Bonchev–Trinajstić information content (AvgIpc) is 3.23. The number of rotatable bonds is 9. The van der Waals surface area contributed by atoms with E-state index in [1.54, 1.807) is 0 Å². The molecule has 3 aliphatic rings. The second kappa shape index (κ2) is 8.74. The van der Waals surface area contributed by atoms with Gasteiger partial charge in [0, 0.05) is 0 Å². The van der Waals surface area contributed by atoms with Crippen molar-refractivity contribution in [3.63, 3.8) is 0 Å². The van der Waals surface area contributed by atoms with Crippen LogP contribution in [0.15, 0.2) is 0 Å². The van der Waals surface area contributed by atoms with Gasteiger partial charge in [-0.1, -0.05) is 0 Å². The lowest BCUT2D eigenvalue weighted by atomic mass is 10.2. The van der Waals surface area contributed by atoms with Crippen molar-refractivity contribution < 1.29 is 64.3 Å². The first-order valence-corrected chi connectivity index (χ1v) is 11.6. The zero-order valence-corrected chi connectivity index (χ0v) is 16.4. The highest BCUT2D eigenvalue weighted by Gasteiger charge is 2.37. The summed E-state index contributed by atoms with van der Waals surface area (Å²) in [6, 6.07) is 0. The molecule has 3 unspecified atom stereocenters. The summed E-state index contributed by atoms with van der Waals surface area (Å²) in [7, 11) is -13.7. The first-order valence-electron chi connectivity index (χ1n) is 7.60. The van der Waals surface area contributed by atoms with Gasteiger partial charge in [-0.3, -0.25) is 0 Å². The van der Waals surface area contributed by atoms with Crippen LogP contribution < -0.4 is 0 Å². The molecule has 15 nitrogen and oxygen atoms in total. The van der Waals surface area contributed by atoms with Gasteiger partial charge in [0.2, 0.25) is 0 Å². The van der Waals surface area contributed by atoms with Crippen LogP contribution in [0.25, 0.3) is 0 Å². The quantitative estimate of drug-likeness (QED) is 0.310. The van der Waals surface area contributed by atoms with Crippen LogP contribution in [-0.4, -0.2) is 90.5 Å². The van der Waals surface area contributed by atoms with Crippen molar-refractivity contribution in [2.24, 2.45) is 0 Å². The molecule has 0 bridgehead atoms. The third-order valence-corrected chi connectivity index (χ3v) is 6.01. The van der Waals surface area contributed by atoms with Gasteiger partial charge in [0.05, 0.1) is 39.6 Å². The second-order valence-electron chi connectivity index (χ2n) is 5.52. The molecule has 0 aromatic rings. The minimum absolute atomic E-state index is 0.287. The predicted octanol–water partition coefficient (Wildman–Crippen LogP) is -3.00. The molecule has 0 amide bonds. The standard InChI is InChI=1S/C9H15BO15S3/c11-26(12)20-4-7(23-26)1-17-10(18-2-8-5-21-27(13,14)24-8)19-3-9-6-22-28(15,16)25-9/h7-9H,1-6H2. The molecule has 3 heterocycles. The van der Waals surface area contributed by atoms with E-state index < -0.39 is 56.8 Å². The Balaban J connectivity index is 1.49. The maximum absolute atomic E-state index is 11.1. The fraction of sp³-hybridized carbons (Fsp3) is 1.00. The third kappa shape index (κ3) is 6.81. The topological polar surface area (TPSA) is 185 Å². The Kier molecular flexibility index (Phi) is 6.94. The van der Waals surface area contributed by atoms with Crippen LogP contribution in [0, 0.1) is 0 Å². The maximum atomic E-state index is 11.1. The molecule has 0 aromatic heterocycles. The monoisotopic (exact) mass is 470 g/mol. The molecular formula is C9H15BO15S3. The fourth-order valence-electron chi connectivity index (χ4n) is 2.07. The summed E-state index contributed by atoms with van der Waals surface area (Å²) in [6.45, 7) is -1.85. The van der Waals surface area contributed by atoms with Gasteiger partial charge < -0.3 is 14.0 Å². The maximum Gasteiger partial charge on any atom is 0.639 e. The molecule has 19 heteroatoms. The summed E-state index contributed by atoms with van der Waals surface area (Å²) in [5, 5.41) is 0. The molecule has 3 aliphatic heterocycles. The average molecular weight is 470 g/mol. The third-order valence-electron chi connectivity index (χ3n) is 3.21. The van der Waals surface area contributed by atoms with Crippen LogP contribution >= 0.6 is 0 Å². The minimum Gasteiger partial charge on any atom is -0.383 e. The van der Waals surface area contributed by atoms with Gasteiger partial charge >= 0.3 is 38.5 Å². The van der Waals surface area contributed by atoms with Gasteiger partial charge in [-0.15, -0.1) is 0 Å². The molecule has 0 aromatic carbocycles. The number of hydrogen-bond donors (Lipinski definition) is 0. The van der Waals surface area contributed by atoms with Gasteiger partial charge in [0.15, 0.2) is 0 Å². The van der Waals surface area contributed by atoms with Gasteiger partial charge in [-0.05, 0) is 0 Å². The first-order chi connectivity index (χ1) is 13.0. The van der Waals surface area contributed by atoms with Crippen molar-refractivity contribution in [3.8, 4) is 0 Å². The normalized spacial score (nSPS) is 33.2. The lowest BCUT2D eigenvalue weighted by Crippen LogP contribution is -2.37. The SMILES string of the molecule is O=S1(=O)OCC(COB(OCC2COS(=O)(=O)O2)OCC2COS(=O)(=O)O2)O1. The summed E-state index contributed by atoms with van der Waals surface area (Å²) < 4.78 is 109. The summed E-state index contributed by atoms with van der Waals surface area (Å²) in [6.07, 6.45) is -2.88. The first kappa shape index (κ1) is 22.2. The largest absolute Gasteiger partial charge is 0.639 e. The highest BCUT2D eigenvalue weighted by molar-refractivity contribution is 7.82. The molecule has 28 heavy (non-hydrogen) atoms. The van der Waals surface area contributed by atoms with Crippen LogP contribution in [0.4, 0.5) is 0 Å². The van der Waals surface area contributed by atoms with E-state index >= 15 is 0 Å². The Hall–Kier alpha value is -0.445. The van der Waals surface area contributed by atoms with Gasteiger partial charge in [-0.25, -0.2) is 25.1 Å². The number of hydrogen-bond acceptors (Lipinski definition) is 15. The second-order valence-corrected chi connectivity index (χ2v) is 9.26.